The van der Waals surface area contributed by atoms with E-state index in [0.717, 1.165) is 10.9 Å². The second kappa shape index (κ2) is 5.16. The van der Waals surface area contributed by atoms with Gasteiger partial charge in [-0.25, -0.2) is 9.97 Å². The fourth-order valence-electron chi connectivity index (χ4n) is 1.85. The van der Waals surface area contributed by atoms with E-state index in [0.29, 0.717) is 22.2 Å². The Morgan fingerprint density at radius 2 is 1.90 bits per heavy atom. The third-order valence-electron chi connectivity index (χ3n) is 2.82. The summed E-state index contributed by atoms with van der Waals surface area (Å²) in [5.74, 6) is 1.28. The number of nitrogens with zero attached hydrogens (tertiary/aromatic N) is 3. The number of hydrogen-bond acceptors (Lipinski definition) is 4. The minimum absolute atomic E-state index is 0.519. The van der Waals surface area contributed by atoms with E-state index in [2.05, 4.69) is 15.3 Å². The van der Waals surface area contributed by atoms with Crippen molar-refractivity contribution in [3.63, 3.8) is 0 Å². The summed E-state index contributed by atoms with van der Waals surface area (Å²) in [6.45, 7) is 0. The van der Waals surface area contributed by atoms with Gasteiger partial charge in [0.1, 0.15) is 17.7 Å². The highest BCUT2D eigenvalue weighted by Gasteiger charge is 2.03. The van der Waals surface area contributed by atoms with E-state index in [1.165, 1.54) is 6.20 Å². The molecule has 4 nitrogen and oxygen atoms in total. The lowest BCUT2D eigenvalue weighted by atomic mass is 10.2. The molecule has 1 aromatic carbocycles. The fraction of sp³-hybridized carbons (Fsp3) is 0. The molecule has 0 saturated heterocycles. The van der Waals surface area contributed by atoms with Crippen molar-refractivity contribution in [1.82, 2.24) is 9.97 Å². The van der Waals surface area contributed by atoms with Gasteiger partial charge in [0.2, 0.25) is 0 Å². The molecule has 5 heteroatoms. The van der Waals surface area contributed by atoms with Gasteiger partial charge in [-0.15, -0.1) is 0 Å². The molecule has 3 aromatic rings. The molecule has 2 heterocycles. The summed E-state index contributed by atoms with van der Waals surface area (Å²) in [6, 6.07) is 14.9. The van der Waals surface area contributed by atoms with E-state index in [4.69, 9.17) is 16.9 Å². The molecule has 0 bridgehead atoms. The van der Waals surface area contributed by atoms with E-state index in [-0.39, 0.29) is 0 Å². The van der Waals surface area contributed by atoms with Gasteiger partial charge in [-0.3, -0.25) is 0 Å². The van der Waals surface area contributed by atoms with Crippen LogP contribution in [0.2, 0.25) is 5.02 Å². The monoisotopic (exact) mass is 280 g/mol. The molecule has 2 aromatic heterocycles. The first-order chi connectivity index (χ1) is 9.76. The summed E-state index contributed by atoms with van der Waals surface area (Å²) in [5, 5.41) is 13.4. The number of rotatable bonds is 2. The summed E-state index contributed by atoms with van der Waals surface area (Å²) >= 11 is 6.13. The topological polar surface area (TPSA) is 61.6 Å². The summed E-state index contributed by atoms with van der Waals surface area (Å²) in [7, 11) is 0. The molecule has 0 spiro atoms. The third-order valence-corrected chi connectivity index (χ3v) is 3.12. The van der Waals surface area contributed by atoms with Crippen LogP contribution in [-0.4, -0.2) is 9.97 Å². The Kier molecular flexibility index (Phi) is 3.20. The van der Waals surface area contributed by atoms with Crippen LogP contribution in [0.4, 0.5) is 11.6 Å². The van der Waals surface area contributed by atoms with Gasteiger partial charge in [0.05, 0.1) is 16.1 Å². The highest BCUT2D eigenvalue weighted by Crippen LogP contribution is 2.24. The zero-order chi connectivity index (χ0) is 13.9. The van der Waals surface area contributed by atoms with Crippen LogP contribution in [0, 0.1) is 11.3 Å². The number of hydrogen-bond donors (Lipinski definition) is 1. The molecular formula is C15H9ClN4. The molecule has 0 aliphatic carbocycles. The molecule has 0 saturated carbocycles. The summed E-state index contributed by atoms with van der Waals surface area (Å²) in [5.41, 5.74) is 1.26. The highest BCUT2D eigenvalue weighted by atomic mass is 35.5. The Morgan fingerprint density at radius 1 is 1.05 bits per heavy atom. The smallest absolute Gasteiger partial charge is 0.132 e. The second-order valence-corrected chi connectivity index (χ2v) is 4.58. The normalized spacial score (nSPS) is 10.2. The highest BCUT2D eigenvalue weighted by molar-refractivity contribution is 6.35. The van der Waals surface area contributed by atoms with Crippen molar-refractivity contribution in [2.75, 3.05) is 5.32 Å². The first-order valence-electron chi connectivity index (χ1n) is 5.95. The number of fused-ring (bicyclic) bond motifs is 1. The molecular weight excluding hydrogens is 272 g/mol. The largest absolute Gasteiger partial charge is 0.325 e. The molecule has 0 aliphatic rings. The van der Waals surface area contributed by atoms with Crippen molar-refractivity contribution >= 4 is 34.1 Å². The Balaban J connectivity index is 1.94. The van der Waals surface area contributed by atoms with E-state index >= 15 is 0 Å². The van der Waals surface area contributed by atoms with Crippen molar-refractivity contribution in [2.24, 2.45) is 0 Å². The van der Waals surface area contributed by atoms with Crippen LogP contribution in [0.25, 0.3) is 10.9 Å². The quantitative estimate of drug-likeness (QED) is 0.773. The van der Waals surface area contributed by atoms with Crippen LogP contribution in [0.3, 0.4) is 0 Å². The molecule has 20 heavy (non-hydrogen) atoms. The number of nitrogens with one attached hydrogen (secondary N) is 1. The summed E-state index contributed by atoms with van der Waals surface area (Å²) in [6.07, 6.45) is 1.51. The Bertz CT molecular complexity index is 806. The predicted molar refractivity (Wildman–Crippen MR) is 79.0 cm³/mol. The van der Waals surface area contributed by atoms with E-state index < -0.39 is 0 Å². The average molecular weight is 281 g/mol. The maximum atomic E-state index is 8.73. The lowest BCUT2D eigenvalue weighted by Crippen LogP contribution is -1.96. The molecule has 96 valence electrons. The first-order valence-corrected chi connectivity index (χ1v) is 6.32. The van der Waals surface area contributed by atoms with Gasteiger partial charge in [0.15, 0.2) is 0 Å². The molecule has 0 atom stereocenters. The SMILES string of the molecule is N#Cc1ccc(Nc2ccc3cccc(Cl)c3n2)nc1. The number of anilines is 2. The lowest BCUT2D eigenvalue weighted by molar-refractivity contribution is 1.26. The van der Waals surface area contributed by atoms with Crippen LogP contribution in [0.15, 0.2) is 48.7 Å². The zero-order valence-electron chi connectivity index (χ0n) is 10.3. The van der Waals surface area contributed by atoms with Gasteiger partial charge in [-0.1, -0.05) is 23.7 Å². The zero-order valence-corrected chi connectivity index (χ0v) is 11.1. The van der Waals surface area contributed by atoms with Crippen LogP contribution in [-0.2, 0) is 0 Å². The molecule has 3 rings (SSSR count). The minimum Gasteiger partial charge on any atom is -0.325 e. The van der Waals surface area contributed by atoms with Gasteiger partial charge in [-0.2, -0.15) is 5.26 Å². The maximum absolute atomic E-state index is 8.73. The van der Waals surface area contributed by atoms with E-state index in [1.54, 1.807) is 18.2 Å². The van der Waals surface area contributed by atoms with Gasteiger partial charge < -0.3 is 5.32 Å². The van der Waals surface area contributed by atoms with Crippen LogP contribution in [0.1, 0.15) is 5.56 Å². The first kappa shape index (κ1) is 12.4. The number of aromatic nitrogens is 2. The van der Waals surface area contributed by atoms with Gasteiger partial charge in [0, 0.05) is 11.6 Å². The minimum atomic E-state index is 0.519. The number of pyridine rings is 2. The van der Waals surface area contributed by atoms with Crippen molar-refractivity contribution in [2.45, 2.75) is 0 Å². The Hall–Kier alpha value is -2.64. The number of para-hydroxylation sites is 1. The van der Waals surface area contributed by atoms with E-state index in [9.17, 15) is 0 Å². The molecule has 0 aliphatic heterocycles. The number of halogens is 1. The van der Waals surface area contributed by atoms with Crippen molar-refractivity contribution in [3.8, 4) is 6.07 Å². The lowest BCUT2D eigenvalue weighted by Gasteiger charge is -2.06. The summed E-state index contributed by atoms with van der Waals surface area (Å²) < 4.78 is 0. The molecule has 0 unspecified atom stereocenters. The van der Waals surface area contributed by atoms with Gasteiger partial charge in [-0.05, 0) is 30.3 Å². The second-order valence-electron chi connectivity index (χ2n) is 4.18. The van der Waals surface area contributed by atoms with Gasteiger partial charge >= 0.3 is 0 Å². The van der Waals surface area contributed by atoms with Crippen LogP contribution in [0.5, 0.6) is 0 Å². The fourth-order valence-corrected chi connectivity index (χ4v) is 2.07. The number of nitriles is 1. The van der Waals surface area contributed by atoms with Gasteiger partial charge in [0.25, 0.3) is 0 Å². The Morgan fingerprint density at radius 3 is 2.65 bits per heavy atom. The molecule has 0 amide bonds. The standard InChI is InChI=1S/C15H9ClN4/c16-12-3-1-2-11-5-7-14(20-15(11)12)19-13-6-4-10(8-17)9-18-13/h1-7,9H,(H,18,19,20). The molecule has 0 fully saturated rings. The van der Waals surface area contributed by atoms with Crippen molar-refractivity contribution in [1.29, 1.82) is 5.26 Å². The third kappa shape index (κ3) is 2.40. The number of benzene rings is 1. The van der Waals surface area contributed by atoms with Crippen molar-refractivity contribution in [3.05, 3.63) is 59.2 Å². The average Bonchev–Trinajstić information content (AvgIpc) is 2.49. The van der Waals surface area contributed by atoms with Crippen molar-refractivity contribution < 1.29 is 0 Å². The molecule has 1 N–H and O–H groups in total. The van der Waals surface area contributed by atoms with E-state index in [1.807, 2.05) is 30.3 Å². The predicted octanol–water partition coefficient (Wildman–Crippen LogP) is 3.90. The summed E-state index contributed by atoms with van der Waals surface area (Å²) in [4.78, 5) is 8.61. The Labute approximate surface area is 120 Å². The van der Waals surface area contributed by atoms with Crippen LogP contribution < -0.4 is 5.32 Å². The van der Waals surface area contributed by atoms with Crippen LogP contribution >= 0.6 is 11.6 Å². The molecule has 0 radical (unpaired) electrons. The maximum Gasteiger partial charge on any atom is 0.132 e.